The Morgan fingerprint density at radius 3 is 0.787 bits per heavy atom. The summed E-state index contributed by atoms with van der Waals surface area (Å²) in [4.78, 5) is 28.4. The van der Waals surface area contributed by atoms with Crippen LogP contribution in [0.3, 0.4) is 0 Å². The Balaban J connectivity index is 1.37. The van der Waals surface area contributed by atoms with Gasteiger partial charge in [0.1, 0.15) is 46.9 Å². The maximum absolute atomic E-state index is 14.2. The lowest BCUT2D eigenvalue weighted by atomic mass is 9.93. The van der Waals surface area contributed by atoms with Crippen molar-refractivity contribution in [1.82, 2.24) is 0 Å². The van der Waals surface area contributed by atoms with Gasteiger partial charge in [-0.3, -0.25) is 0 Å². The molecule has 0 radical (unpaired) electrons. The average molecular weight is 1280 g/mol. The molecule has 12 heteroatoms. The Labute approximate surface area is 565 Å². The van der Waals surface area contributed by atoms with E-state index >= 15 is 0 Å². The van der Waals surface area contributed by atoms with Crippen molar-refractivity contribution in [2.24, 2.45) is 0 Å². The second kappa shape index (κ2) is 48.2. The highest BCUT2D eigenvalue weighted by Crippen LogP contribution is 2.33. The van der Waals surface area contributed by atoms with E-state index in [2.05, 4.69) is 27.7 Å². The number of hydrogen-bond donors (Lipinski definition) is 0. The molecule has 0 fully saturated rings. The zero-order valence-corrected chi connectivity index (χ0v) is 58.1. The summed E-state index contributed by atoms with van der Waals surface area (Å²) in [6.45, 7) is 11.0. The lowest BCUT2D eigenvalue weighted by Gasteiger charge is -2.15. The Hall–Kier alpha value is -7.54. The van der Waals surface area contributed by atoms with Crippen molar-refractivity contribution in [2.45, 2.75) is 285 Å². The van der Waals surface area contributed by atoms with Crippen LogP contribution < -0.4 is 38.9 Å². The van der Waals surface area contributed by atoms with Gasteiger partial charge in [0.25, 0.3) is 0 Å². The minimum atomic E-state index is -0.677. The van der Waals surface area contributed by atoms with Crippen LogP contribution in [0.2, 0.25) is 0 Å². The van der Waals surface area contributed by atoms with Gasteiger partial charge in [-0.1, -0.05) is 259 Å². The summed E-state index contributed by atoms with van der Waals surface area (Å²) in [5.41, 5.74) is -0.0603. The second-order valence-corrected chi connectivity index (χ2v) is 25.6. The summed E-state index contributed by atoms with van der Waals surface area (Å²) < 4.78 is 37.5. The molecule has 0 unspecified atom stereocenters. The van der Waals surface area contributed by atoms with Crippen molar-refractivity contribution in [3.63, 3.8) is 0 Å². The highest BCUT2D eigenvalue weighted by Gasteiger charge is 2.20. The fraction of sp³-hybridized carbons (Fsp3) is 0.585. The van der Waals surface area contributed by atoms with Crippen LogP contribution in [0.5, 0.6) is 34.5 Å². The molecule has 0 heterocycles. The van der Waals surface area contributed by atoms with Gasteiger partial charge in [0, 0.05) is 10.4 Å². The molecule has 0 aliphatic heterocycles. The first kappa shape index (κ1) is 77.2. The third-order valence-electron chi connectivity index (χ3n) is 17.8. The van der Waals surface area contributed by atoms with Gasteiger partial charge in [-0.15, -0.1) is 0 Å². The number of carbonyl (C=O) groups excluding carboxylic acids is 2. The number of hydrogen-bond acceptors (Lipinski definition) is 12. The van der Waals surface area contributed by atoms with Gasteiger partial charge in [0.15, 0.2) is 23.0 Å². The molecule has 5 aromatic carbocycles. The van der Waals surface area contributed by atoms with E-state index in [0.29, 0.717) is 60.2 Å². The third kappa shape index (κ3) is 28.2. The average Bonchev–Trinajstić information content (AvgIpc) is 0.736. The van der Waals surface area contributed by atoms with E-state index in [0.717, 1.165) is 64.2 Å². The van der Waals surface area contributed by atoms with E-state index in [1.807, 2.05) is 24.3 Å². The van der Waals surface area contributed by atoms with Gasteiger partial charge in [-0.2, -0.15) is 21.0 Å². The molecule has 0 aromatic heterocycles. The van der Waals surface area contributed by atoms with Crippen LogP contribution in [0.15, 0.2) is 72.8 Å². The van der Waals surface area contributed by atoms with Crippen LogP contribution in [0.1, 0.15) is 305 Å². The lowest BCUT2D eigenvalue weighted by Crippen LogP contribution is -2.19. The van der Waals surface area contributed by atoms with Crippen molar-refractivity contribution in [2.75, 3.05) is 26.4 Å². The summed E-state index contributed by atoms with van der Waals surface area (Å²) in [7, 11) is 0. The number of carbonyl (C=O) groups is 2. The lowest BCUT2D eigenvalue weighted by molar-refractivity contribution is 0.0724. The number of fused-ring (bicyclic) bond motifs is 2. The molecule has 0 spiro atoms. The topological polar surface area (TPSA) is 185 Å². The zero-order chi connectivity index (χ0) is 67.1. The Kier molecular flexibility index (Phi) is 39.6. The van der Waals surface area contributed by atoms with Crippen molar-refractivity contribution < 1.29 is 38.0 Å². The van der Waals surface area contributed by atoms with Gasteiger partial charge in [0.05, 0.1) is 37.6 Å². The normalized spacial score (nSPS) is 11.0. The van der Waals surface area contributed by atoms with Gasteiger partial charge >= 0.3 is 11.9 Å². The van der Waals surface area contributed by atoms with Crippen molar-refractivity contribution in [3.8, 4) is 58.8 Å². The Morgan fingerprint density at radius 1 is 0.287 bits per heavy atom. The molecule has 508 valence electrons. The first-order valence-electron chi connectivity index (χ1n) is 36.9. The van der Waals surface area contributed by atoms with E-state index in [1.54, 1.807) is 60.7 Å². The predicted molar refractivity (Wildman–Crippen MR) is 382 cm³/mol. The Bertz CT molecular complexity index is 3090. The predicted octanol–water partition coefficient (Wildman–Crippen LogP) is 22.0. The SMILES string of the molecule is CCCCCCCCCCCCOc1ccc(C(=O)Oc2ccc3c(=C(C#N)C#N)c4cc(OC(=O)c5ccc(OCCCCCCCCCCCC)c(OCCCCCCCCCCCC)c5)ccc4c(=C(C#N)C#N)c3c2)cc1OCCCCCCCCCCCC. The van der Waals surface area contributed by atoms with Crippen LogP contribution in [0.25, 0.3) is 32.7 Å². The van der Waals surface area contributed by atoms with Crippen LogP contribution in [0.4, 0.5) is 0 Å². The molecule has 0 atom stereocenters. The highest BCUT2D eigenvalue weighted by atomic mass is 16.5. The van der Waals surface area contributed by atoms with E-state index < -0.39 is 11.9 Å². The summed E-state index contributed by atoms with van der Waals surface area (Å²) >= 11 is 0. The fourth-order valence-electron chi connectivity index (χ4n) is 12.3. The summed E-state index contributed by atoms with van der Waals surface area (Å²) in [5, 5.41) is 43.5. The van der Waals surface area contributed by atoms with Crippen LogP contribution in [-0.4, -0.2) is 38.4 Å². The van der Waals surface area contributed by atoms with Crippen LogP contribution >= 0.6 is 0 Å². The van der Waals surface area contributed by atoms with Gasteiger partial charge in [0.2, 0.25) is 0 Å². The molecule has 0 amide bonds. The molecule has 5 aromatic rings. The molecular weight excluding hydrogens is 1170 g/mol. The molecule has 12 nitrogen and oxygen atoms in total. The minimum Gasteiger partial charge on any atom is -0.490 e. The largest absolute Gasteiger partial charge is 0.490 e. The molecular formula is C82H112N4O8. The first-order chi connectivity index (χ1) is 46.2. The number of nitriles is 4. The number of ether oxygens (including phenoxy) is 6. The van der Waals surface area contributed by atoms with Crippen molar-refractivity contribution in [3.05, 3.63) is 94.4 Å². The quantitative estimate of drug-likeness (QED) is 0.0156. The molecule has 0 aliphatic carbocycles. The summed E-state index contributed by atoms with van der Waals surface area (Å²) in [6.07, 6.45) is 48.2. The second-order valence-electron chi connectivity index (χ2n) is 25.6. The highest BCUT2D eigenvalue weighted by molar-refractivity contribution is 6.07. The Morgan fingerprint density at radius 2 is 0.532 bits per heavy atom. The summed E-state index contributed by atoms with van der Waals surface area (Å²) in [6, 6.07) is 27.6. The number of rotatable bonds is 52. The monoisotopic (exact) mass is 1280 g/mol. The van der Waals surface area contributed by atoms with E-state index in [1.165, 1.54) is 205 Å². The van der Waals surface area contributed by atoms with E-state index in [-0.39, 0.29) is 55.0 Å². The molecule has 0 bridgehead atoms. The molecule has 5 rings (SSSR count). The molecule has 0 aliphatic rings. The van der Waals surface area contributed by atoms with Crippen LogP contribution in [-0.2, 0) is 0 Å². The minimum absolute atomic E-state index is 0.0940. The van der Waals surface area contributed by atoms with Gasteiger partial charge < -0.3 is 28.4 Å². The third-order valence-corrected chi connectivity index (χ3v) is 17.8. The van der Waals surface area contributed by atoms with E-state index in [4.69, 9.17) is 28.4 Å². The zero-order valence-electron chi connectivity index (χ0n) is 58.1. The summed E-state index contributed by atoms with van der Waals surface area (Å²) in [5.74, 6) is 0.884. The number of nitrogens with zero attached hydrogens (tertiary/aromatic N) is 4. The number of benzene rings is 5. The number of unbranched alkanes of at least 4 members (excludes halogenated alkanes) is 36. The maximum atomic E-state index is 14.2. The smallest absolute Gasteiger partial charge is 0.343 e. The van der Waals surface area contributed by atoms with Crippen LogP contribution in [0, 0.1) is 45.3 Å². The number of esters is 2. The maximum Gasteiger partial charge on any atom is 0.343 e. The standard InChI is InChI=1S/C82H112N4O8/c1-5-9-13-17-21-25-29-33-37-41-53-89-75-51-45-65(57-77(75)91-55-43-39-35-31-27-23-19-15-11-7-3)81(87)93-69-47-49-71-73(59-69)79(67(61-83)62-84)72-50-48-70(60-74(72)80(71)68(63-85)64-86)94-82(88)66-46-52-76(90-54-42-38-34-30-26-22-18-14-10-6-2)78(58-66)92-56-44-40-36-32-28-24-20-16-12-8-4/h45-52,57-60H,5-44,53-56H2,1-4H3. The molecule has 0 N–H and O–H groups in total. The molecule has 94 heavy (non-hydrogen) atoms. The van der Waals surface area contributed by atoms with Crippen molar-refractivity contribution >= 4 is 44.6 Å². The van der Waals surface area contributed by atoms with Gasteiger partial charge in [-0.05, 0) is 120 Å². The first-order valence-corrected chi connectivity index (χ1v) is 36.9. The fourth-order valence-corrected chi connectivity index (χ4v) is 12.3. The molecule has 0 saturated carbocycles. The van der Waals surface area contributed by atoms with E-state index in [9.17, 15) is 30.6 Å². The van der Waals surface area contributed by atoms with Gasteiger partial charge in [-0.25, -0.2) is 9.59 Å². The van der Waals surface area contributed by atoms with Crippen molar-refractivity contribution in [1.29, 1.82) is 21.0 Å². The molecule has 0 saturated heterocycles.